The third-order valence-electron chi connectivity index (χ3n) is 6.45. The third kappa shape index (κ3) is 3.13. The Hall–Kier alpha value is -3.71. The number of fused-ring (bicyclic) bond motifs is 2. The summed E-state index contributed by atoms with van der Waals surface area (Å²) in [6.45, 7) is 0. The van der Waals surface area contributed by atoms with Crippen molar-refractivity contribution in [2.45, 2.75) is 37.8 Å². The number of furan rings is 1. The highest BCUT2D eigenvalue weighted by Gasteiger charge is 2.22. The summed E-state index contributed by atoms with van der Waals surface area (Å²) >= 11 is 0. The van der Waals surface area contributed by atoms with E-state index in [9.17, 15) is 5.11 Å². The minimum absolute atomic E-state index is 0.184. The van der Waals surface area contributed by atoms with E-state index in [0.29, 0.717) is 17.4 Å². The lowest BCUT2D eigenvalue weighted by molar-refractivity contribution is 0.108. The van der Waals surface area contributed by atoms with Gasteiger partial charge in [0.1, 0.15) is 5.76 Å². The van der Waals surface area contributed by atoms with E-state index >= 15 is 0 Å². The van der Waals surface area contributed by atoms with E-state index in [1.807, 2.05) is 47.3 Å². The van der Waals surface area contributed by atoms with Crippen molar-refractivity contribution in [3.8, 4) is 22.5 Å². The van der Waals surface area contributed by atoms with E-state index in [0.717, 1.165) is 64.4 Å². The SMILES string of the molecule is Nc1ncc(-c2cnn(C3CCC(O)CC3)c2)c2cc(-c3cccc4ncccc34)oc12. The molecule has 0 atom stereocenters. The first-order valence-corrected chi connectivity index (χ1v) is 10.9. The average molecular weight is 425 g/mol. The number of rotatable bonds is 3. The molecule has 1 aromatic carbocycles. The Labute approximate surface area is 184 Å². The van der Waals surface area contributed by atoms with Crippen LogP contribution in [0.15, 0.2) is 65.6 Å². The Bertz CT molecular complexity index is 1420. The highest BCUT2D eigenvalue weighted by atomic mass is 16.3. The summed E-state index contributed by atoms with van der Waals surface area (Å²) in [6, 6.07) is 12.3. The Morgan fingerprint density at radius 3 is 2.72 bits per heavy atom. The molecule has 0 bridgehead atoms. The molecule has 6 rings (SSSR count). The Morgan fingerprint density at radius 2 is 1.84 bits per heavy atom. The van der Waals surface area contributed by atoms with Crippen LogP contribution in [-0.2, 0) is 0 Å². The molecule has 4 heterocycles. The second-order valence-electron chi connectivity index (χ2n) is 8.46. The molecule has 0 saturated heterocycles. The molecule has 32 heavy (non-hydrogen) atoms. The van der Waals surface area contributed by atoms with Gasteiger partial charge in [0.2, 0.25) is 0 Å². The Morgan fingerprint density at radius 1 is 0.969 bits per heavy atom. The van der Waals surface area contributed by atoms with Gasteiger partial charge in [-0.05, 0) is 43.9 Å². The maximum atomic E-state index is 9.80. The van der Waals surface area contributed by atoms with Crippen LogP contribution in [0.2, 0.25) is 0 Å². The summed E-state index contributed by atoms with van der Waals surface area (Å²) in [7, 11) is 0. The lowest BCUT2D eigenvalue weighted by Gasteiger charge is -2.25. The number of aliphatic hydroxyl groups excluding tert-OH is 1. The molecule has 4 aromatic heterocycles. The van der Waals surface area contributed by atoms with Crippen LogP contribution in [0.4, 0.5) is 5.82 Å². The topological polar surface area (TPSA) is 103 Å². The molecule has 0 spiro atoms. The zero-order valence-electron chi connectivity index (χ0n) is 17.5. The molecule has 0 radical (unpaired) electrons. The summed E-state index contributed by atoms with van der Waals surface area (Å²) < 4.78 is 8.23. The van der Waals surface area contributed by atoms with E-state index in [1.165, 1.54) is 0 Å². The number of aliphatic hydroxyl groups is 1. The highest BCUT2D eigenvalue weighted by molar-refractivity contribution is 6.02. The van der Waals surface area contributed by atoms with E-state index < -0.39 is 0 Å². The third-order valence-corrected chi connectivity index (χ3v) is 6.45. The molecule has 1 aliphatic carbocycles. The van der Waals surface area contributed by atoms with Gasteiger partial charge in [-0.2, -0.15) is 5.10 Å². The fourth-order valence-electron chi connectivity index (χ4n) is 4.72. The lowest BCUT2D eigenvalue weighted by atomic mass is 9.93. The number of nitrogen functional groups attached to an aromatic ring is 1. The molecule has 0 amide bonds. The van der Waals surface area contributed by atoms with Crippen molar-refractivity contribution >= 4 is 27.7 Å². The van der Waals surface area contributed by atoms with Gasteiger partial charge >= 0.3 is 0 Å². The molecule has 0 aliphatic heterocycles. The van der Waals surface area contributed by atoms with Crippen molar-refractivity contribution in [1.82, 2.24) is 19.7 Å². The van der Waals surface area contributed by atoms with E-state index in [4.69, 9.17) is 10.2 Å². The maximum Gasteiger partial charge on any atom is 0.177 e. The monoisotopic (exact) mass is 425 g/mol. The number of hydrogen-bond donors (Lipinski definition) is 2. The van der Waals surface area contributed by atoms with Gasteiger partial charge in [0, 0.05) is 46.1 Å². The normalized spacial score (nSPS) is 19.0. The molecule has 1 fully saturated rings. The smallest absolute Gasteiger partial charge is 0.177 e. The summed E-state index contributed by atoms with van der Waals surface area (Å²) in [5.41, 5.74) is 10.5. The second-order valence-corrected chi connectivity index (χ2v) is 8.46. The zero-order valence-corrected chi connectivity index (χ0v) is 17.5. The summed E-state index contributed by atoms with van der Waals surface area (Å²) in [5.74, 6) is 1.09. The summed E-state index contributed by atoms with van der Waals surface area (Å²) in [6.07, 6.45) is 10.8. The molecule has 1 aliphatic rings. The first kappa shape index (κ1) is 19.0. The van der Waals surface area contributed by atoms with Crippen LogP contribution in [-0.4, -0.2) is 31.0 Å². The predicted molar refractivity (Wildman–Crippen MR) is 124 cm³/mol. The van der Waals surface area contributed by atoms with Crippen LogP contribution in [0.3, 0.4) is 0 Å². The van der Waals surface area contributed by atoms with Crippen LogP contribution in [0, 0.1) is 0 Å². The lowest BCUT2D eigenvalue weighted by Crippen LogP contribution is -2.21. The molecule has 7 nitrogen and oxygen atoms in total. The molecule has 1 saturated carbocycles. The van der Waals surface area contributed by atoms with E-state index in [1.54, 1.807) is 12.4 Å². The Kier molecular flexibility index (Phi) is 4.43. The first-order chi connectivity index (χ1) is 15.7. The number of anilines is 1. The van der Waals surface area contributed by atoms with Gasteiger partial charge in [0.15, 0.2) is 11.4 Å². The number of aromatic nitrogens is 4. The average Bonchev–Trinajstić information content (AvgIpc) is 3.48. The van der Waals surface area contributed by atoms with Crippen molar-refractivity contribution in [3.63, 3.8) is 0 Å². The molecule has 7 heteroatoms. The molecule has 160 valence electrons. The van der Waals surface area contributed by atoms with Crippen LogP contribution in [0.1, 0.15) is 31.7 Å². The number of nitrogens with zero attached hydrogens (tertiary/aromatic N) is 4. The van der Waals surface area contributed by atoms with Crippen LogP contribution >= 0.6 is 0 Å². The zero-order chi connectivity index (χ0) is 21.7. The minimum atomic E-state index is -0.184. The van der Waals surface area contributed by atoms with Gasteiger partial charge in [-0.15, -0.1) is 0 Å². The standard InChI is InChI=1S/C25H23N5O2/c26-25-24-20(11-23(32-24)19-3-1-5-22-18(19)4-2-10-27-22)21(13-28-25)15-12-29-30(14-15)16-6-8-17(31)9-7-16/h1-5,10-14,16-17,31H,6-9H2,(H2,26,28). The molecule has 0 unspecified atom stereocenters. The quantitative estimate of drug-likeness (QED) is 0.423. The summed E-state index contributed by atoms with van der Waals surface area (Å²) in [5, 5.41) is 16.3. The van der Waals surface area contributed by atoms with Gasteiger partial charge in [0.25, 0.3) is 0 Å². The fraction of sp³-hybridized carbons (Fsp3) is 0.240. The summed E-state index contributed by atoms with van der Waals surface area (Å²) in [4.78, 5) is 8.84. The van der Waals surface area contributed by atoms with Crippen LogP contribution < -0.4 is 5.73 Å². The van der Waals surface area contributed by atoms with Crippen molar-refractivity contribution in [2.24, 2.45) is 0 Å². The van der Waals surface area contributed by atoms with Crippen LogP contribution in [0.25, 0.3) is 44.3 Å². The van der Waals surface area contributed by atoms with Gasteiger partial charge in [-0.1, -0.05) is 18.2 Å². The number of nitrogens with two attached hydrogens (primary N) is 1. The number of hydrogen-bond acceptors (Lipinski definition) is 6. The van der Waals surface area contributed by atoms with Gasteiger partial charge < -0.3 is 15.3 Å². The molecule has 3 N–H and O–H groups in total. The highest BCUT2D eigenvalue weighted by Crippen LogP contribution is 2.39. The van der Waals surface area contributed by atoms with Crippen LogP contribution in [0.5, 0.6) is 0 Å². The molecular formula is C25H23N5O2. The van der Waals surface area contributed by atoms with Gasteiger partial charge in [-0.25, -0.2) is 4.98 Å². The number of pyridine rings is 2. The van der Waals surface area contributed by atoms with Crippen molar-refractivity contribution in [3.05, 3.63) is 61.2 Å². The largest absolute Gasteiger partial charge is 0.452 e. The molecular weight excluding hydrogens is 402 g/mol. The fourth-order valence-corrected chi connectivity index (χ4v) is 4.72. The van der Waals surface area contributed by atoms with Crippen molar-refractivity contribution in [2.75, 3.05) is 5.73 Å². The van der Waals surface area contributed by atoms with E-state index in [-0.39, 0.29) is 6.10 Å². The number of benzene rings is 1. The van der Waals surface area contributed by atoms with Crippen molar-refractivity contribution < 1.29 is 9.52 Å². The van der Waals surface area contributed by atoms with Gasteiger partial charge in [-0.3, -0.25) is 9.67 Å². The first-order valence-electron chi connectivity index (χ1n) is 10.9. The maximum absolute atomic E-state index is 9.80. The molecule has 5 aromatic rings. The Balaban J connectivity index is 1.44. The predicted octanol–water partition coefficient (Wildman–Crippen LogP) is 4.96. The second kappa shape index (κ2) is 7.46. The van der Waals surface area contributed by atoms with Crippen molar-refractivity contribution in [1.29, 1.82) is 0 Å². The van der Waals surface area contributed by atoms with E-state index in [2.05, 4.69) is 21.3 Å². The minimum Gasteiger partial charge on any atom is -0.452 e. The van der Waals surface area contributed by atoms with Gasteiger partial charge in [0.05, 0.1) is 23.9 Å².